The van der Waals surface area contributed by atoms with E-state index in [0.29, 0.717) is 22.8 Å². The van der Waals surface area contributed by atoms with Gasteiger partial charge in [0.1, 0.15) is 0 Å². The number of rotatable bonds is 1. The summed E-state index contributed by atoms with van der Waals surface area (Å²) in [7, 11) is 0. The average Bonchev–Trinajstić information content (AvgIpc) is 2.36. The van der Waals surface area contributed by atoms with Crippen LogP contribution in [0.4, 0.5) is 0 Å². The summed E-state index contributed by atoms with van der Waals surface area (Å²) in [6.45, 7) is 7.04. The fourth-order valence-corrected chi connectivity index (χ4v) is 3.36. The third-order valence-electron chi connectivity index (χ3n) is 5.20. The van der Waals surface area contributed by atoms with Crippen molar-refractivity contribution in [1.29, 1.82) is 0 Å². The molecule has 2 aliphatic rings. The van der Waals surface area contributed by atoms with Crippen molar-refractivity contribution in [2.45, 2.75) is 52.9 Å². The second-order valence-electron chi connectivity index (χ2n) is 6.62. The summed E-state index contributed by atoms with van der Waals surface area (Å²) < 4.78 is 0. The van der Waals surface area contributed by atoms with Crippen LogP contribution in [0.1, 0.15) is 52.9 Å². The Morgan fingerprint density at radius 1 is 1.41 bits per heavy atom. The molecule has 0 aromatic heterocycles. The Morgan fingerprint density at radius 2 is 2.12 bits per heavy atom. The minimum absolute atomic E-state index is 0.411. The van der Waals surface area contributed by atoms with E-state index in [2.05, 4.69) is 26.8 Å². The summed E-state index contributed by atoms with van der Waals surface area (Å²) in [5.74, 6) is 1.20. The number of aliphatic carboxylic acids is 1. The van der Waals surface area contributed by atoms with Crippen LogP contribution in [0.2, 0.25) is 0 Å². The molecular formula is C15H24O2. The highest BCUT2D eigenvalue weighted by Gasteiger charge is 2.37. The molecule has 0 saturated heterocycles. The molecule has 3 atom stereocenters. The fraction of sp³-hybridized carbons (Fsp3) is 0.800. The number of carbonyl (C=O) groups is 1. The van der Waals surface area contributed by atoms with Crippen molar-refractivity contribution in [2.24, 2.45) is 23.2 Å². The number of carboxylic acids is 1. The average molecular weight is 236 g/mol. The van der Waals surface area contributed by atoms with E-state index in [0.717, 1.165) is 25.2 Å². The lowest BCUT2D eigenvalue weighted by atomic mass is 9.74. The van der Waals surface area contributed by atoms with Gasteiger partial charge in [-0.2, -0.15) is 0 Å². The third-order valence-corrected chi connectivity index (χ3v) is 5.20. The predicted octanol–water partition coefficient (Wildman–Crippen LogP) is 3.87. The zero-order valence-electron chi connectivity index (χ0n) is 11.2. The van der Waals surface area contributed by atoms with Gasteiger partial charge in [-0.05, 0) is 55.3 Å². The van der Waals surface area contributed by atoms with E-state index in [1.54, 1.807) is 0 Å². The summed E-state index contributed by atoms with van der Waals surface area (Å²) in [6, 6.07) is 0. The molecule has 0 aliphatic heterocycles. The van der Waals surface area contributed by atoms with Crippen LogP contribution in [0, 0.1) is 23.2 Å². The maximum atomic E-state index is 11.1. The van der Waals surface area contributed by atoms with E-state index in [1.807, 2.05) is 0 Å². The van der Waals surface area contributed by atoms with Crippen LogP contribution in [0.3, 0.4) is 0 Å². The fourth-order valence-electron chi connectivity index (χ4n) is 3.36. The first-order valence-electron chi connectivity index (χ1n) is 6.84. The van der Waals surface area contributed by atoms with Gasteiger partial charge in [0.05, 0.1) is 0 Å². The van der Waals surface area contributed by atoms with Crippen LogP contribution >= 0.6 is 0 Å². The number of hydrogen-bond donors (Lipinski definition) is 1. The van der Waals surface area contributed by atoms with Crippen molar-refractivity contribution in [2.75, 3.05) is 0 Å². The Kier molecular flexibility index (Phi) is 3.33. The Bertz CT molecular complexity index is 341. The molecule has 96 valence electrons. The van der Waals surface area contributed by atoms with Crippen molar-refractivity contribution in [3.05, 3.63) is 11.6 Å². The van der Waals surface area contributed by atoms with Crippen molar-refractivity contribution in [3.63, 3.8) is 0 Å². The molecule has 2 nitrogen and oxygen atoms in total. The molecule has 1 saturated carbocycles. The number of allylic oxidation sites excluding steroid dienone is 1. The summed E-state index contributed by atoms with van der Waals surface area (Å²) in [6.07, 6.45) is 7.62. The maximum absolute atomic E-state index is 11.1. The lowest BCUT2D eigenvalue weighted by Gasteiger charge is -2.31. The highest BCUT2D eigenvalue weighted by molar-refractivity contribution is 5.86. The highest BCUT2D eigenvalue weighted by atomic mass is 16.4. The largest absolute Gasteiger partial charge is 0.478 e. The summed E-state index contributed by atoms with van der Waals surface area (Å²) in [5.41, 5.74) is 1.06. The molecule has 17 heavy (non-hydrogen) atoms. The number of hydrogen-bond acceptors (Lipinski definition) is 1. The van der Waals surface area contributed by atoms with E-state index >= 15 is 0 Å². The van der Waals surface area contributed by atoms with Crippen LogP contribution in [0.15, 0.2) is 11.6 Å². The highest BCUT2D eigenvalue weighted by Crippen LogP contribution is 2.46. The van der Waals surface area contributed by atoms with Crippen LogP contribution in [-0.2, 0) is 4.79 Å². The molecule has 1 N–H and O–H groups in total. The maximum Gasteiger partial charge on any atom is 0.331 e. The van der Waals surface area contributed by atoms with E-state index in [4.69, 9.17) is 5.11 Å². The molecule has 3 unspecified atom stereocenters. The first-order chi connectivity index (χ1) is 7.90. The molecule has 2 heteroatoms. The van der Waals surface area contributed by atoms with Crippen molar-refractivity contribution in [1.82, 2.24) is 0 Å². The molecule has 2 rings (SSSR count). The predicted molar refractivity (Wildman–Crippen MR) is 68.7 cm³/mol. The van der Waals surface area contributed by atoms with Crippen LogP contribution in [-0.4, -0.2) is 11.1 Å². The summed E-state index contributed by atoms with van der Waals surface area (Å²) in [5, 5.41) is 9.10. The van der Waals surface area contributed by atoms with Gasteiger partial charge in [0.25, 0.3) is 0 Å². The van der Waals surface area contributed by atoms with Gasteiger partial charge in [-0.15, -0.1) is 0 Å². The van der Waals surface area contributed by atoms with Crippen molar-refractivity contribution < 1.29 is 9.90 Å². The summed E-state index contributed by atoms with van der Waals surface area (Å²) in [4.78, 5) is 11.1. The Balaban J connectivity index is 2.19. The van der Waals surface area contributed by atoms with E-state index in [9.17, 15) is 4.79 Å². The van der Waals surface area contributed by atoms with Crippen molar-refractivity contribution in [3.8, 4) is 0 Å². The van der Waals surface area contributed by atoms with E-state index in [-0.39, 0.29) is 0 Å². The number of carboxylic acid groups (broad SMARTS) is 1. The van der Waals surface area contributed by atoms with Crippen molar-refractivity contribution >= 4 is 5.97 Å². The molecule has 0 bridgehead atoms. The molecule has 0 aromatic carbocycles. The lowest BCUT2D eigenvalue weighted by molar-refractivity contribution is -0.133. The lowest BCUT2D eigenvalue weighted by Crippen LogP contribution is -2.22. The zero-order valence-corrected chi connectivity index (χ0v) is 11.2. The second-order valence-corrected chi connectivity index (χ2v) is 6.62. The Morgan fingerprint density at radius 3 is 2.76 bits per heavy atom. The van der Waals surface area contributed by atoms with Gasteiger partial charge in [0, 0.05) is 5.57 Å². The van der Waals surface area contributed by atoms with Gasteiger partial charge < -0.3 is 5.11 Å². The van der Waals surface area contributed by atoms with E-state index in [1.165, 1.54) is 12.8 Å². The minimum Gasteiger partial charge on any atom is -0.478 e. The normalized spacial score (nSPS) is 36.6. The minimum atomic E-state index is -0.709. The van der Waals surface area contributed by atoms with Crippen LogP contribution in [0.5, 0.6) is 0 Å². The Hall–Kier alpha value is -0.790. The smallest absolute Gasteiger partial charge is 0.331 e. The quantitative estimate of drug-likeness (QED) is 0.750. The van der Waals surface area contributed by atoms with Gasteiger partial charge in [-0.3, -0.25) is 0 Å². The standard InChI is InChI=1S/C15H24O2/c1-10-8-13-9-12(14(16)17)5-4-11(13)6-7-15(10,2)3/h9-11,13H,4-8H2,1-3H3,(H,16,17). The third kappa shape index (κ3) is 2.56. The Labute approximate surface area is 104 Å². The van der Waals surface area contributed by atoms with Gasteiger partial charge in [0.15, 0.2) is 0 Å². The van der Waals surface area contributed by atoms with Gasteiger partial charge in [-0.25, -0.2) is 4.79 Å². The van der Waals surface area contributed by atoms with Crippen LogP contribution in [0.25, 0.3) is 0 Å². The topological polar surface area (TPSA) is 37.3 Å². The SMILES string of the molecule is CC1CC2C=C(C(=O)O)CCC2CCC1(C)C. The summed E-state index contributed by atoms with van der Waals surface area (Å²) >= 11 is 0. The molecular weight excluding hydrogens is 212 g/mol. The van der Waals surface area contributed by atoms with Crippen LogP contribution < -0.4 is 0 Å². The molecule has 2 aliphatic carbocycles. The van der Waals surface area contributed by atoms with E-state index < -0.39 is 5.97 Å². The molecule has 0 amide bonds. The molecule has 0 spiro atoms. The monoisotopic (exact) mass is 236 g/mol. The van der Waals surface area contributed by atoms with Gasteiger partial charge >= 0.3 is 5.97 Å². The first-order valence-corrected chi connectivity index (χ1v) is 6.84. The first kappa shape index (κ1) is 12.7. The molecule has 1 fully saturated rings. The van der Waals surface area contributed by atoms with Gasteiger partial charge in [-0.1, -0.05) is 26.8 Å². The van der Waals surface area contributed by atoms with Gasteiger partial charge in [0.2, 0.25) is 0 Å². The zero-order chi connectivity index (χ0) is 12.6. The second kappa shape index (κ2) is 4.47. The number of fused-ring (bicyclic) bond motifs is 1. The molecule has 0 aromatic rings. The molecule has 0 radical (unpaired) electrons. The molecule has 0 heterocycles.